The van der Waals surface area contributed by atoms with Crippen LogP contribution in [0.15, 0.2) is 150 Å². The van der Waals surface area contributed by atoms with E-state index in [1.54, 1.807) is 0 Å². The van der Waals surface area contributed by atoms with E-state index < -0.39 is 0 Å². The average Bonchev–Trinajstić information content (AvgIpc) is 3.43. The van der Waals surface area contributed by atoms with E-state index in [4.69, 9.17) is 16.4 Å². The number of nitrogens with zero attached hydrogens (tertiary/aromatic N) is 4. The molecule has 4 nitrogen and oxygen atoms in total. The molecule has 0 fully saturated rings. The quantitative estimate of drug-likeness (QED) is 0.164. The molecule has 0 spiro atoms. The van der Waals surface area contributed by atoms with Crippen LogP contribution in [0.4, 0.5) is 0 Å². The molecule has 0 saturated carbocycles. The Hall–Kier alpha value is -6.75. The molecule has 1 atom stereocenters. The predicted octanol–water partition coefficient (Wildman–Crippen LogP) is 11.1. The second kappa shape index (κ2) is 13.4. The number of allylic oxidation sites excluding steroid dienone is 1. The highest BCUT2D eigenvalue weighted by Gasteiger charge is 2.36. The average molecular weight is 683 g/mol. The molecule has 0 aromatic heterocycles. The lowest BCUT2D eigenvalue weighted by molar-refractivity contribution is 0.383. The third-order valence-corrected chi connectivity index (χ3v) is 10.6. The van der Waals surface area contributed by atoms with Gasteiger partial charge in [-0.25, -0.2) is 9.98 Å². The first-order valence-corrected chi connectivity index (χ1v) is 17.9. The smallest absolute Gasteiger partial charge is 0.159 e. The summed E-state index contributed by atoms with van der Waals surface area (Å²) in [4.78, 5) is 12.6. The number of benzene rings is 6. The topological polar surface area (TPSA) is 51.8 Å². The molecule has 6 aromatic carbocycles. The Morgan fingerprint density at radius 2 is 1.34 bits per heavy atom. The van der Waals surface area contributed by atoms with Gasteiger partial charge in [-0.1, -0.05) is 141 Å². The lowest BCUT2D eigenvalue weighted by Gasteiger charge is -2.34. The molecule has 0 amide bonds. The van der Waals surface area contributed by atoms with E-state index in [0.29, 0.717) is 11.4 Å². The van der Waals surface area contributed by atoms with Crippen molar-refractivity contribution in [1.29, 1.82) is 5.26 Å². The van der Waals surface area contributed by atoms with E-state index in [9.17, 15) is 5.26 Å². The highest BCUT2D eigenvalue weighted by atomic mass is 15.3. The molecular formula is C49H38N4. The van der Waals surface area contributed by atoms with Gasteiger partial charge in [-0.2, -0.15) is 5.26 Å². The van der Waals surface area contributed by atoms with Crippen LogP contribution in [0.5, 0.6) is 0 Å². The fourth-order valence-electron chi connectivity index (χ4n) is 7.80. The molecule has 1 heterocycles. The third kappa shape index (κ3) is 5.76. The summed E-state index contributed by atoms with van der Waals surface area (Å²) in [6, 6.07) is 48.6. The number of rotatable bonds is 6. The minimum atomic E-state index is -0.288. The molecule has 0 bridgehead atoms. The normalized spacial score (nSPS) is 15.6. The van der Waals surface area contributed by atoms with Gasteiger partial charge in [0.2, 0.25) is 0 Å². The zero-order valence-corrected chi connectivity index (χ0v) is 30.3. The van der Waals surface area contributed by atoms with E-state index in [0.717, 1.165) is 55.9 Å². The van der Waals surface area contributed by atoms with Crippen LogP contribution in [-0.4, -0.2) is 23.6 Å². The van der Waals surface area contributed by atoms with Crippen molar-refractivity contribution in [1.82, 2.24) is 4.90 Å². The van der Waals surface area contributed by atoms with Gasteiger partial charge < -0.3 is 4.90 Å². The molecule has 0 unspecified atom stereocenters. The summed E-state index contributed by atoms with van der Waals surface area (Å²) in [6.07, 6.45) is 9.99. The number of aliphatic imine (C=N–C) groups is 2. The Labute approximate surface area is 312 Å². The summed E-state index contributed by atoms with van der Waals surface area (Å²) in [7, 11) is 2.06. The van der Waals surface area contributed by atoms with Crippen LogP contribution >= 0.6 is 0 Å². The Morgan fingerprint density at radius 3 is 2.02 bits per heavy atom. The molecule has 1 aliphatic heterocycles. The van der Waals surface area contributed by atoms with Crippen LogP contribution in [0.3, 0.4) is 0 Å². The molecule has 1 aliphatic carbocycles. The lowest BCUT2D eigenvalue weighted by Crippen LogP contribution is -2.36. The Morgan fingerprint density at radius 1 is 0.717 bits per heavy atom. The maximum Gasteiger partial charge on any atom is 0.159 e. The van der Waals surface area contributed by atoms with Crippen LogP contribution in [0.2, 0.25) is 0 Å². The molecule has 0 N–H and O–H groups in total. The summed E-state index contributed by atoms with van der Waals surface area (Å²) in [6.45, 7) is 6.51. The molecular weight excluding hydrogens is 645 g/mol. The van der Waals surface area contributed by atoms with E-state index in [2.05, 4.69) is 135 Å². The van der Waals surface area contributed by atoms with Gasteiger partial charge in [-0.05, 0) is 81.3 Å². The van der Waals surface area contributed by atoms with Crippen molar-refractivity contribution < 1.29 is 0 Å². The van der Waals surface area contributed by atoms with Gasteiger partial charge in [-0.15, -0.1) is 6.42 Å². The number of hydrogen-bond acceptors (Lipinski definition) is 4. The van der Waals surface area contributed by atoms with Crippen LogP contribution in [0.25, 0.3) is 39.5 Å². The summed E-state index contributed by atoms with van der Waals surface area (Å²) in [5.74, 6) is 4.42. The zero-order valence-electron chi connectivity index (χ0n) is 30.3. The first kappa shape index (κ1) is 33.4. The monoisotopic (exact) mass is 682 g/mol. The number of fused-ring (bicyclic) bond motifs is 3. The molecule has 0 saturated heterocycles. The number of nitriles is 1. The first-order chi connectivity index (χ1) is 25.8. The van der Waals surface area contributed by atoms with Gasteiger partial charge in [0.25, 0.3) is 0 Å². The zero-order chi connectivity index (χ0) is 36.7. The predicted molar refractivity (Wildman–Crippen MR) is 219 cm³/mol. The highest BCUT2D eigenvalue weighted by molar-refractivity contribution is 6.16. The van der Waals surface area contributed by atoms with E-state index >= 15 is 0 Å². The molecule has 6 aromatic rings. The van der Waals surface area contributed by atoms with Crippen LogP contribution < -0.4 is 0 Å². The highest BCUT2D eigenvalue weighted by Crippen LogP contribution is 2.50. The van der Waals surface area contributed by atoms with Gasteiger partial charge in [0, 0.05) is 34.7 Å². The summed E-state index contributed by atoms with van der Waals surface area (Å²) in [5, 5.41) is 9.57. The van der Waals surface area contributed by atoms with Crippen molar-refractivity contribution in [3.05, 3.63) is 184 Å². The van der Waals surface area contributed by atoms with Crippen LogP contribution in [0, 0.1) is 23.7 Å². The van der Waals surface area contributed by atoms with Gasteiger partial charge in [0.15, 0.2) is 5.84 Å². The minimum absolute atomic E-state index is 0.212. The SMILES string of the molecule is C#Cc1ccc(-c2ccc(-c3ccc4c(c3)C(C)(C)c3cc(C#N)ccc3-4)cc2)c(C2=NC(c3ccccc3)=N[C@H](c3ccccc3)N2C)c1/C=C\C. The van der Waals surface area contributed by atoms with Crippen molar-refractivity contribution in [3.63, 3.8) is 0 Å². The summed E-state index contributed by atoms with van der Waals surface area (Å²) < 4.78 is 0. The standard InChI is InChI=1S/C49H38N4/c1-6-14-39-33(7-2)24-27-40(45(39)48-52-46(36-15-10-8-11-16-36)51-47(53(48)5)37-17-12-9-13-18-37)35-22-20-34(21-23-35)38-25-28-42-41-26-19-32(31-50)29-43(41)49(3,4)44(42)30-38/h2,6,8-30,47H,1,3-5H3/b14-6-/t47-/m0/s1. The molecule has 0 radical (unpaired) electrons. The van der Waals surface area contributed by atoms with Crippen LogP contribution in [0.1, 0.15) is 71.4 Å². The molecule has 53 heavy (non-hydrogen) atoms. The fourth-order valence-corrected chi connectivity index (χ4v) is 7.80. The second-order valence-electron chi connectivity index (χ2n) is 14.1. The van der Waals surface area contributed by atoms with E-state index in [-0.39, 0.29) is 11.6 Å². The van der Waals surface area contributed by atoms with Gasteiger partial charge in [-0.3, -0.25) is 0 Å². The lowest BCUT2D eigenvalue weighted by atomic mass is 9.81. The Bertz CT molecular complexity index is 2560. The van der Waals surface area contributed by atoms with Crippen LogP contribution in [-0.2, 0) is 5.41 Å². The summed E-state index contributed by atoms with van der Waals surface area (Å²) in [5.41, 5.74) is 14.5. The van der Waals surface area contributed by atoms with Crippen molar-refractivity contribution >= 4 is 17.7 Å². The van der Waals surface area contributed by atoms with Crippen molar-refractivity contribution in [3.8, 4) is 51.8 Å². The largest absolute Gasteiger partial charge is 0.333 e. The van der Waals surface area contributed by atoms with Gasteiger partial charge >= 0.3 is 0 Å². The Balaban J connectivity index is 1.25. The maximum atomic E-state index is 9.57. The first-order valence-electron chi connectivity index (χ1n) is 17.9. The molecule has 8 rings (SSSR count). The fraction of sp³-hybridized carbons (Fsp3) is 0.122. The summed E-state index contributed by atoms with van der Waals surface area (Å²) >= 11 is 0. The number of terminal acetylenes is 1. The van der Waals surface area contributed by atoms with E-state index in [1.807, 2.05) is 55.5 Å². The number of hydrogen-bond donors (Lipinski definition) is 0. The third-order valence-electron chi connectivity index (χ3n) is 10.6. The second-order valence-corrected chi connectivity index (χ2v) is 14.1. The Kier molecular flexibility index (Phi) is 8.46. The molecule has 2 aliphatic rings. The minimum Gasteiger partial charge on any atom is -0.333 e. The van der Waals surface area contributed by atoms with E-state index in [1.165, 1.54) is 22.3 Å². The van der Waals surface area contributed by atoms with Crippen molar-refractivity contribution in [2.75, 3.05) is 7.05 Å². The molecule has 254 valence electrons. The molecule has 4 heteroatoms. The van der Waals surface area contributed by atoms with Gasteiger partial charge in [0.1, 0.15) is 12.0 Å². The van der Waals surface area contributed by atoms with Crippen molar-refractivity contribution in [2.24, 2.45) is 9.98 Å². The maximum absolute atomic E-state index is 9.57. The van der Waals surface area contributed by atoms with Crippen molar-refractivity contribution in [2.45, 2.75) is 32.4 Å². The van der Waals surface area contributed by atoms with Gasteiger partial charge in [0.05, 0.1) is 11.6 Å². The number of amidine groups is 2.